The number of hydrogen-bond donors (Lipinski definition) is 1. The highest BCUT2D eigenvalue weighted by Crippen LogP contribution is 2.26. The molecule has 2 aromatic heterocycles. The largest absolute Gasteiger partial charge is 0.389 e. The van der Waals surface area contributed by atoms with Crippen molar-refractivity contribution < 1.29 is 0 Å². The molecule has 0 atom stereocenters. The third-order valence-electron chi connectivity index (χ3n) is 3.16. The van der Waals surface area contributed by atoms with Crippen LogP contribution in [0.5, 0.6) is 0 Å². The average molecular weight is 298 g/mol. The van der Waals surface area contributed by atoms with Gasteiger partial charge in [0.1, 0.15) is 10.0 Å². The maximum atomic E-state index is 6.37. The molecule has 2 heterocycles. The van der Waals surface area contributed by atoms with Gasteiger partial charge in [0.25, 0.3) is 0 Å². The van der Waals surface area contributed by atoms with E-state index in [0.29, 0.717) is 15.8 Å². The van der Waals surface area contributed by atoms with Crippen LogP contribution in [0.25, 0.3) is 5.82 Å². The summed E-state index contributed by atoms with van der Waals surface area (Å²) in [6, 6.07) is 0. The Kier molecular flexibility index (Phi) is 3.64. The Bertz CT molecular complexity index is 656. The van der Waals surface area contributed by atoms with Gasteiger partial charge in [0.15, 0.2) is 5.82 Å². The first-order valence-corrected chi connectivity index (χ1v) is 6.74. The van der Waals surface area contributed by atoms with Crippen LogP contribution in [0.2, 0.25) is 5.02 Å². The van der Waals surface area contributed by atoms with Gasteiger partial charge in [-0.1, -0.05) is 30.7 Å². The topological polar surface area (TPSA) is 61.7 Å². The first-order chi connectivity index (χ1) is 8.88. The number of rotatable bonds is 3. The molecular weight excluding hydrogens is 282 g/mol. The summed E-state index contributed by atoms with van der Waals surface area (Å²) in [6.07, 6.45) is 0.809. The molecule has 0 saturated carbocycles. The Morgan fingerprint density at radius 3 is 2.42 bits per heavy atom. The molecular formula is C12H16ClN5S. The van der Waals surface area contributed by atoms with Gasteiger partial charge in [0.2, 0.25) is 0 Å². The Balaban J connectivity index is 2.67. The van der Waals surface area contributed by atoms with Crippen LogP contribution in [0.1, 0.15) is 29.6 Å². The maximum Gasteiger partial charge on any atom is 0.194 e. The average Bonchev–Trinajstić information content (AvgIpc) is 2.76. The lowest BCUT2D eigenvalue weighted by Gasteiger charge is -2.01. The highest BCUT2D eigenvalue weighted by atomic mass is 35.5. The maximum absolute atomic E-state index is 6.37. The number of thiocarbonyl (C=S) groups is 1. The second kappa shape index (κ2) is 4.94. The molecule has 2 N–H and O–H groups in total. The quantitative estimate of drug-likeness (QED) is 0.881. The molecule has 19 heavy (non-hydrogen) atoms. The summed E-state index contributed by atoms with van der Waals surface area (Å²) in [7, 11) is 1.87. The van der Waals surface area contributed by atoms with E-state index in [-0.39, 0.29) is 0 Å². The van der Waals surface area contributed by atoms with Crippen molar-refractivity contribution in [2.75, 3.05) is 0 Å². The fourth-order valence-corrected chi connectivity index (χ4v) is 2.91. The minimum Gasteiger partial charge on any atom is -0.389 e. The van der Waals surface area contributed by atoms with Gasteiger partial charge in [-0.2, -0.15) is 10.2 Å². The normalized spacial score (nSPS) is 11.0. The van der Waals surface area contributed by atoms with Gasteiger partial charge < -0.3 is 5.73 Å². The van der Waals surface area contributed by atoms with Gasteiger partial charge in [-0.15, -0.1) is 0 Å². The van der Waals surface area contributed by atoms with Crippen LogP contribution < -0.4 is 5.73 Å². The van der Waals surface area contributed by atoms with Crippen molar-refractivity contribution in [3.05, 3.63) is 27.7 Å². The molecule has 0 radical (unpaired) electrons. The third-order valence-corrected chi connectivity index (χ3v) is 3.75. The van der Waals surface area contributed by atoms with E-state index >= 15 is 0 Å². The van der Waals surface area contributed by atoms with Crippen molar-refractivity contribution in [2.45, 2.75) is 27.2 Å². The lowest BCUT2D eigenvalue weighted by Crippen LogP contribution is -2.12. The van der Waals surface area contributed by atoms with Crippen molar-refractivity contribution in [3.8, 4) is 5.82 Å². The predicted molar refractivity (Wildman–Crippen MR) is 80.1 cm³/mol. The van der Waals surface area contributed by atoms with Crippen molar-refractivity contribution >= 4 is 28.8 Å². The van der Waals surface area contributed by atoms with Crippen LogP contribution in [0.15, 0.2) is 0 Å². The van der Waals surface area contributed by atoms with Crippen LogP contribution in [0, 0.1) is 13.8 Å². The van der Waals surface area contributed by atoms with Crippen LogP contribution in [0.4, 0.5) is 0 Å². The van der Waals surface area contributed by atoms with Crippen molar-refractivity contribution in [3.63, 3.8) is 0 Å². The monoisotopic (exact) mass is 297 g/mol. The molecule has 0 unspecified atom stereocenters. The molecule has 0 aromatic carbocycles. The standard InChI is InChI=1S/C12H16ClN5S/c1-5-8-10(13)12(16-17(8)4)18-7(3)9(11(14)19)6(2)15-18/h5H2,1-4H3,(H2,14,19). The number of nitrogens with two attached hydrogens (primary N) is 1. The first kappa shape index (κ1) is 14.0. The third kappa shape index (κ3) is 2.15. The Hall–Kier alpha value is -1.40. The number of hydrogen-bond acceptors (Lipinski definition) is 3. The van der Waals surface area contributed by atoms with Crippen molar-refractivity contribution in [1.29, 1.82) is 0 Å². The van der Waals surface area contributed by atoms with Gasteiger partial charge in [0, 0.05) is 7.05 Å². The van der Waals surface area contributed by atoms with Crippen LogP contribution in [0.3, 0.4) is 0 Å². The zero-order chi connectivity index (χ0) is 14.3. The summed E-state index contributed by atoms with van der Waals surface area (Å²) in [5.41, 5.74) is 9.12. The first-order valence-electron chi connectivity index (χ1n) is 5.96. The molecule has 0 saturated heterocycles. The predicted octanol–water partition coefficient (Wildman–Crippen LogP) is 2.07. The molecule has 7 heteroatoms. The van der Waals surface area contributed by atoms with E-state index in [1.165, 1.54) is 0 Å². The van der Waals surface area contributed by atoms with Gasteiger partial charge in [0.05, 0.1) is 22.6 Å². The Morgan fingerprint density at radius 2 is 2.00 bits per heavy atom. The molecule has 0 spiro atoms. The van der Waals surface area contributed by atoms with Crippen LogP contribution >= 0.6 is 23.8 Å². The van der Waals surface area contributed by atoms with E-state index in [1.807, 2.05) is 27.8 Å². The summed E-state index contributed by atoms with van der Waals surface area (Å²) in [5, 5.41) is 9.48. The van der Waals surface area contributed by atoms with E-state index in [1.54, 1.807) is 9.36 Å². The van der Waals surface area contributed by atoms with Crippen molar-refractivity contribution in [1.82, 2.24) is 19.6 Å². The number of halogens is 1. The lowest BCUT2D eigenvalue weighted by atomic mass is 10.2. The molecule has 0 aliphatic carbocycles. The highest BCUT2D eigenvalue weighted by molar-refractivity contribution is 7.80. The molecule has 0 amide bonds. The smallest absolute Gasteiger partial charge is 0.194 e. The van der Waals surface area contributed by atoms with Gasteiger partial charge >= 0.3 is 0 Å². The van der Waals surface area contributed by atoms with E-state index in [2.05, 4.69) is 10.2 Å². The van der Waals surface area contributed by atoms with Gasteiger partial charge in [-0.25, -0.2) is 4.68 Å². The summed E-state index contributed by atoms with van der Waals surface area (Å²) in [6.45, 7) is 5.81. The number of nitrogens with zero attached hydrogens (tertiary/aromatic N) is 4. The highest BCUT2D eigenvalue weighted by Gasteiger charge is 2.20. The number of aryl methyl sites for hydroxylation is 2. The molecule has 102 valence electrons. The number of aromatic nitrogens is 4. The zero-order valence-electron chi connectivity index (χ0n) is 11.4. The Morgan fingerprint density at radius 1 is 1.37 bits per heavy atom. The zero-order valence-corrected chi connectivity index (χ0v) is 12.9. The molecule has 0 aliphatic heterocycles. The van der Waals surface area contributed by atoms with E-state index in [4.69, 9.17) is 29.6 Å². The fourth-order valence-electron chi connectivity index (χ4n) is 2.24. The summed E-state index contributed by atoms with van der Waals surface area (Å²) >= 11 is 11.4. The molecule has 0 aliphatic rings. The summed E-state index contributed by atoms with van der Waals surface area (Å²) < 4.78 is 3.47. The summed E-state index contributed by atoms with van der Waals surface area (Å²) in [4.78, 5) is 0.337. The molecule has 2 aromatic rings. The molecule has 2 rings (SSSR count). The van der Waals surface area contributed by atoms with Gasteiger partial charge in [-0.3, -0.25) is 4.68 Å². The molecule has 0 bridgehead atoms. The fraction of sp³-hybridized carbons (Fsp3) is 0.417. The van der Waals surface area contributed by atoms with E-state index < -0.39 is 0 Å². The SMILES string of the molecule is CCc1c(Cl)c(-n2nc(C)c(C(N)=S)c2C)nn1C. The molecule has 5 nitrogen and oxygen atoms in total. The minimum atomic E-state index is 0.337. The second-order valence-corrected chi connectivity index (χ2v) is 5.20. The van der Waals surface area contributed by atoms with Gasteiger partial charge in [-0.05, 0) is 20.3 Å². The minimum absolute atomic E-state index is 0.337. The van der Waals surface area contributed by atoms with Crippen LogP contribution in [-0.4, -0.2) is 24.5 Å². The molecule has 0 fully saturated rings. The van der Waals surface area contributed by atoms with Crippen molar-refractivity contribution in [2.24, 2.45) is 12.8 Å². The van der Waals surface area contributed by atoms with Crippen LogP contribution in [-0.2, 0) is 13.5 Å². The Labute approximate surface area is 122 Å². The summed E-state index contributed by atoms with van der Waals surface area (Å²) in [5.74, 6) is 0.615. The second-order valence-electron chi connectivity index (χ2n) is 4.38. The van der Waals surface area contributed by atoms with E-state index in [0.717, 1.165) is 29.1 Å². The lowest BCUT2D eigenvalue weighted by molar-refractivity contribution is 0.693. The van der Waals surface area contributed by atoms with E-state index in [9.17, 15) is 0 Å².